The topological polar surface area (TPSA) is 123 Å². The molecule has 0 bridgehead atoms. The van der Waals surface area contributed by atoms with Crippen molar-refractivity contribution in [3.05, 3.63) is 10.4 Å². The number of ether oxygens (including phenoxy) is 4. The predicted molar refractivity (Wildman–Crippen MR) is 64.3 cm³/mol. The monoisotopic (exact) mass is 287 g/mol. The van der Waals surface area contributed by atoms with E-state index in [1.807, 2.05) is 0 Å². The Morgan fingerprint density at radius 2 is 2.15 bits per heavy atom. The van der Waals surface area contributed by atoms with Crippen molar-refractivity contribution in [1.82, 2.24) is 0 Å². The fourth-order valence-corrected chi connectivity index (χ4v) is 2.41. The Hall–Kier alpha value is -1.38. The summed E-state index contributed by atoms with van der Waals surface area (Å²) < 4.78 is 21.7. The van der Waals surface area contributed by atoms with E-state index in [1.165, 1.54) is 6.92 Å². The minimum atomic E-state index is -1.36. The van der Waals surface area contributed by atoms with Crippen LogP contribution in [0.3, 0.4) is 0 Å². The van der Waals surface area contributed by atoms with Gasteiger partial charge in [-0.15, -0.1) is 0 Å². The third kappa shape index (κ3) is 2.58. The zero-order valence-corrected chi connectivity index (χ0v) is 11.5. The Labute approximate surface area is 115 Å². The number of carbonyl (C=O) groups is 1. The molecule has 0 unspecified atom stereocenters. The molecule has 20 heavy (non-hydrogen) atoms. The average Bonchev–Trinajstić information content (AvgIpc) is 2.79. The normalized spacial score (nSPS) is 38.1. The SMILES string of the molecule is CC(=O)OC[C@@]1(CO)O[C@@H]2OC(C)(C)O[C@@H]2[C@@H]1N=[N+]=[N-]. The number of fused-ring (bicyclic) bond motifs is 1. The minimum absolute atomic E-state index is 0.247. The van der Waals surface area contributed by atoms with Gasteiger partial charge in [-0.1, -0.05) is 5.11 Å². The molecular formula is C11H17N3O6. The lowest BCUT2D eigenvalue weighted by molar-refractivity contribution is -0.241. The lowest BCUT2D eigenvalue weighted by Gasteiger charge is -2.32. The van der Waals surface area contributed by atoms with E-state index in [9.17, 15) is 9.90 Å². The highest BCUT2D eigenvalue weighted by Crippen LogP contribution is 2.43. The Balaban J connectivity index is 2.25. The van der Waals surface area contributed by atoms with Crippen LogP contribution in [0.1, 0.15) is 20.8 Å². The second-order valence-electron chi connectivity index (χ2n) is 5.24. The fourth-order valence-electron chi connectivity index (χ4n) is 2.41. The number of nitrogens with zero attached hydrogens (tertiary/aromatic N) is 3. The van der Waals surface area contributed by atoms with E-state index in [-0.39, 0.29) is 6.61 Å². The summed E-state index contributed by atoms with van der Waals surface area (Å²) in [7, 11) is 0. The molecule has 2 saturated heterocycles. The quantitative estimate of drug-likeness (QED) is 0.347. The molecule has 2 fully saturated rings. The van der Waals surface area contributed by atoms with Crippen LogP contribution < -0.4 is 0 Å². The number of aliphatic hydroxyl groups is 1. The molecule has 0 radical (unpaired) electrons. The molecule has 2 rings (SSSR count). The van der Waals surface area contributed by atoms with Gasteiger partial charge in [0, 0.05) is 11.8 Å². The minimum Gasteiger partial charge on any atom is -0.463 e. The highest BCUT2D eigenvalue weighted by molar-refractivity contribution is 5.66. The highest BCUT2D eigenvalue weighted by atomic mass is 16.8. The fraction of sp³-hybridized carbons (Fsp3) is 0.909. The molecule has 9 nitrogen and oxygen atoms in total. The van der Waals surface area contributed by atoms with Crippen LogP contribution in [0, 0.1) is 0 Å². The summed E-state index contributed by atoms with van der Waals surface area (Å²) in [5, 5.41) is 13.2. The molecule has 0 aromatic heterocycles. The number of azide groups is 1. The Morgan fingerprint density at radius 1 is 1.45 bits per heavy atom. The second-order valence-corrected chi connectivity index (χ2v) is 5.24. The number of hydrogen-bond acceptors (Lipinski definition) is 7. The predicted octanol–water partition coefficient (Wildman–Crippen LogP) is 0.467. The largest absolute Gasteiger partial charge is 0.463 e. The van der Waals surface area contributed by atoms with E-state index in [0.29, 0.717) is 0 Å². The summed E-state index contributed by atoms with van der Waals surface area (Å²) in [6.45, 7) is 3.90. The van der Waals surface area contributed by atoms with Gasteiger partial charge in [-0.25, -0.2) is 0 Å². The molecule has 4 atom stereocenters. The van der Waals surface area contributed by atoms with E-state index in [1.54, 1.807) is 13.8 Å². The Bertz CT molecular complexity index is 449. The second kappa shape index (κ2) is 5.19. The van der Waals surface area contributed by atoms with Crippen molar-refractivity contribution in [1.29, 1.82) is 0 Å². The van der Waals surface area contributed by atoms with E-state index >= 15 is 0 Å². The van der Waals surface area contributed by atoms with Crippen molar-refractivity contribution in [2.45, 2.75) is 50.6 Å². The van der Waals surface area contributed by atoms with Crippen LogP contribution in [0.25, 0.3) is 10.4 Å². The Morgan fingerprint density at radius 3 is 2.70 bits per heavy atom. The van der Waals surface area contributed by atoms with E-state index in [4.69, 9.17) is 24.5 Å². The molecule has 112 valence electrons. The maximum Gasteiger partial charge on any atom is 0.302 e. The van der Waals surface area contributed by atoms with Crippen molar-refractivity contribution in [3.63, 3.8) is 0 Å². The molecule has 1 N–H and O–H groups in total. The van der Waals surface area contributed by atoms with E-state index in [2.05, 4.69) is 10.0 Å². The van der Waals surface area contributed by atoms with Crippen molar-refractivity contribution >= 4 is 5.97 Å². The van der Waals surface area contributed by atoms with Gasteiger partial charge in [0.15, 0.2) is 12.1 Å². The molecule has 2 aliphatic heterocycles. The van der Waals surface area contributed by atoms with Crippen LogP contribution in [0.5, 0.6) is 0 Å². The molecule has 0 aromatic rings. The van der Waals surface area contributed by atoms with Gasteiger partial charge >= 0.3 is 5.97 Å². The highest BCUT2D eigenvalue weighted by Gasteiger charge is 2.62. The zero-order valence-electron chi connectivity index (χ0n) is 11.5. The van der Waals surface area contributed by atoms with Crippen molar-refractivity contribution in [2.24, 2.45) is 5.11 Å². The molecule has 9 heteroatoms. The lowest BCUT2D eigenvalue weighted by atomic mass is 9.95. The summed E-state index contributed by atoms with van der Waals surface area (Å²) >= 11 is 0. The zero-order chi connectivity index (χ0) is 15.0. The van der Waals surface area contributed by atoms with Gasteiger partial charge in [-0.2, -0.15) is 0 Å². The van der Waals surface area contributed by atoms with Gasteiger partial charge < -0.3 is 24.1 Å². The van der Waals surface area contributed by atoms with Crippen LogP contribution >= 0.6 is 0 Å². The van der Waals surface area contributed by atoms with Gasteiger partial charge in [0.1, 0.15) is 24.4 Å². The van der Waals surface area contributed by atoms with Crippen LogP contribution in [0.15, 0.2) is 5.11 Å². The maximum atomic E-state index is 10.9. The summed E-state index contributed by atoms with van der Waals surface area (Å²) in [6.07, 6.45) is -1.45. The molecule has 2 heterocycles. The van der Waals surface area contributed by atoms with Crippen LogP contribution in [-0.4, -0.2) is 54.1 Å². The number of hydrogen-bond donors (Lipinski definition) is 1. The summed E-state index contributed by atoms with van der Waals surface area (Å²) in [4.78, 5) is 13.7. The number of esters is 1. The maximum absolute atomic E-state index is 10.9. The van der Waals surface area contributed by atoms with Gasteiger partial charge in [0.25, 0.3) is 0 Å². The molecule has 2 aliphatic rings. The molecule has 0 spiro atoms. The van der Waals surface area contributed by atoms with Gasteiger partial charge in [0.05, 0.1) is 6.61 Å². The van der Waals surface area contributed by atoms with Crippen LogP contribution in [-0.2, 0) is 23.7 Å². The smallest absolute Gasteiger partial charge is 0.302 e. The van der Waals surface area contributed by atoms with Crippen molar-refractivity contribution in [2.75, 3.05) is 13.2 Å². The summed E-state index contributed by atoms with van der Waals surface area (Å²) in [5.74, 6) is -1.40. The number of aliphatic hydroxyl groups excluding tert-OH is 1. The molecule has 0 saturated carbocycles. The first-order chi connectivity index (χ1) is 9.33. The van der Waals surface area contributed by atoms with E-state index in [0.717, 1.165) is 0 Å². The van der Waals surface area contributed by atoms with Crippen molar-refractivity contribution < 1.29 is 28.8 Å². The standard InChI is InChI=1S/C11H17N3O6/c1-6(16)17-5-11(4-15)8(13-14-12)7-9(20-11)19-10(2,3)18-7/h7-9,15H,4-5H2,1-3H3/t7-,8+,9+,11-/m1/s1. The first-order valence-electron chi connectivity index (χ1n) is 6.15. The first kappa shape index (κ1) is 15.0. The van der Waals surface area contributed by atoms with Gasteiger partial charge in [0.2, 0.25) is 0 Å². The molecular weight excluding hydrogens is 270 g/mol. The summed E-state index contributed by atoms with van der Waals surface area (Å²) in [5.41, 5.74) is 7.34. The molecule has 0 amide bonds. The van der Waals surface area contributed by atoms with Crippen molar-refractivity contribution in [3.8, 4) is 0 Å². The number of carbonyl (C=O) groups excluding carboxylic acids is 1. The third-order valence-corrected chi connectivity index (χ3v) is 3.25. The summed E-state index contributed by atoms with van der Waals surface area (Å²) in [6, 6.07) is -0.858. The van der Waals surface area contributed by atoms with E-state index < -0.39 is 42.4 Å². The molecule has 0 aromatic carbocycles. The third-order valence-electron chi connectivity index (χ3n) is 3.25. The van der Waals surface area contributed by atoms with Crippen LogP contribution in [0.4, 0.5) is 0 Å². The van der Waals surface area contributed by atoms with Gasteiger partial charge in [-0.05, 0) is 19.4 Å². The molecule has 0 aliphatic carbocycles. The van der Waals surface area contributed by atoms with Gasteiger partial charge in [-0.3, -0.25) is 4.79 Å². The lowest BCUT2D eigenvalue weighted by Crippen LogP contribution is -2.50. The average molecular weight is 287 g/mol. The number of rotatable bonds is 4. The first-order valence-corrected chi connectivity index (χ1v) is 6.15. The Kier molecular flexibility index (Phi) is 3.90. The van der Waals surface area contributed by atoms with Crippen LogP contribution in [0.2, 0.25) is 0 Å².